The van der Waals surface area contributed by atoms with E-state index in [4.69, 9.17) is 0 Å². The van der Waals surface area contributed by atoms with Crippen LogP contribution >= 0.6 is 0 Å². The Hall–Kier alpha value is -5.06. The van der Waals surface area contributed by atoms with Crippen molar-refractivity contribution < 1.29 is 29.4 Å². The van der Waals surface area contributed by atoms with Crippen molar-refractivity contribution in [1.29, 1.82) is 0 Å². The first-order valence-corrected chi connectivity index (χ1v) is 15.6. The number of phenolic OH excluding ortho intramolecular Hbond substituents is 2. The SMILES string of the molecule is CCN(CC)Cc1cc(N2C(=O)c3ccc4c5c(ccc(c35)C2=O)C(=O)N(c2ccc(O)c(CN(CC)CC)c2)C4=O)ccc1O. The molecule has 0 saturated heterocycles. The van der Waals surface area contributed by atoms with E-state index < -0.39 is 23.6 Å². The van der Waals surface area contributed by atoms with Crippen molar-refractivity contribution in [1.82, 2.24) is 9.80 Å². The Labute approximate surface area is 267 Å². The van der Waals surface area contributed by atoms with Crippen LogP contribution in [0.3, 0.4) is 0 Å². The molecule has 2 N–H and O–H groups in total. The molecule has 10 nitrogen and oxygen atoms in total. The van der Waals surface area contributed by atoms with E-state index in [0.29, 0.717) is 35.6 Å². The number of carbonyl (C=O) groups excluding carboxylic acids is 4. The second-order valence-corrected chi connectivity index (χ2v) is 11.5. The summed E-state index contributed by atoms with van der Waals surface area (Å²) < 4.78 is 0. The lowest BCUT2D eigenvalue weighted by Gasteiger charge is -2.32. The Morgan fingerprint density at radius 3 is 1.09 bits per heavy atom. The lowest BCUT2D eigenvalue weighted by atomic mass is 9.85. The molecule has 0 atom stereocenters. The topological polar surface area (TPSA) is 122 Å². The van der Waals surface area contributed by atoms with Gasteiger partial charge in [-0.2, -0.15) is 0 Å². The van der Waals surface area contributed by atoms with Gasteiger partial charge in [0.2, 0.25) is 0 Å². The third-order valence-corrected chi connectivity index (χ3v) is 9.11. The van der Waals surface area contributed by atoms with Gasteiger partial charge in [-0.25, -0.2) is 9.80 Å². The standard InChI is InChI=1S/C36H36N4O6/c1-5-37(6-2)19-21-17-23(9-15-29(21)41)39-33(43)25-11-13-27-32-28(14-12-26(31(25)32)34(39)44)36(46)40(35(27)45)24-10-16-30(42)22(18-24)20-38(7-3)8-4/h9-18,41-42H,5-8,19-20H2,1-4H3. The minimum Gasteiger partial charge on any atom is -0.508 e. The van der Waals surface area contributed by atoms with Crippen LogP contribution < -0.4 is 9.80 Å². The summed E-state index contributed by atoms with van der Waals surface area (Å²) in [6.07, 6.45) is 0. The summed E-state index contributed by atoms with van der Waals surface area (Å²) in [6.45, 7) is 12.0. The number of rotatable bonds is 10. The molecule has 0 saturated carbocycles. The van der Waals surface area contributed by atoms with Crippen molar-refractivity contribution >= 4 is 45.8 Å². The third kappa shape index (κ3) is 4.90. The zero-order valence-electron chi connectivity index (χ0n) is 26.3. The van der Waals surface area contributed by atoms with Crippen LogP contribution in [-0.4, -0.2) is 69.8 Å². The van der Waals surface area contributed by atoms with Crippen LogP contribution in [0.2, 0.25) is 0 Å². The normalized spacial score (nSPS) is 14.4. The minimum absolute atomic E-state index is 0.0712. The smallest absolute Gasteiger partial charge is 0.265 e. The fourth-order valence-corrected chi connectivity index (χ4v) is 6.40. The number of phenols is 2. The number of carbonyl (C=O) groups is 4. The maximum absolute atomic E-state index is 14.0. The van der Waals surface area contributed by atoms with Crippen LogP contribution in [0.4, 0.5) is 11.4 Å². The number of amides is 4. The number of hydrogen-bond acceptors (Lipinski definition) is 8. The number of anilines is 2. The van der Waals surface area contributed by atoms with Gasteiger partial charge in [-0.3, -0.25) is 29.0 Å². The molecule has 2 aliphatic heterocycles. The van der Waals surface area contributed by atoms with E-state index in [-0.39, 0.29) is 44.5 Å². The van der Waals surface area contributed by atoms with Crippen molar-refractivity contribution in [2.24, 2.45) is 0 Å². The molecule has 4 aromatic rings. The molecule has 236 valence electrons. The highest BCUT2D eigenvalue weighted by Gasteiger charge is 2.41. The predicted molar refractivity (Wildman–Crippen MR) is 176 cm³/mol. The third-order valence-electron chi connectivity index (χ3n) is 9.11. The molecule has 0 aliphatic carbocycles. The van der Waals surface area contributed by atoms with Gasteiger partial charge < -0.3 is 10.2 Å². The number of imide groups is 2. The fourth-order valence-electron chi connectivity index (χ4n) is 6.40. The molecular formula is C36H36N4O6. The highest BCUT2D eigenvalue weighted by molar-refractivity contribution is 6.42. The predicted octanol–water partition coefficient (Wildman–Crippen LogP) is 5.54. The molecule has 4 aromatic carbocycles. The zero-order valence-corrected chi connectivity index (χ0v) is 26.3. The molecule has 6 rings (SSSR count). The lowest BCUT2D eigenvalue weighted by Crippen LogP contribution is -2.43. The monoisotopic (exact) mass is 620 g/mol. The highest BCUT2D eigenvalue weighted by atomic mass is 16.3. The largest absolute Gasteiger partial charge is 0.508 e. The summed E-state index contributed by atoms with van der Waals surface area (Å²) in [7, 11) is 0. The van der Waals surface area contributed by atoms with Gasteiger partial charge in [0.25, 0.3) is 23.6 Å². The van der Waals surface area contributed by atoms with Crippen LogP contribution in [0.15, 0.2) is 60.7 Å². The minimum atomic E-state index is -0.581. The molecule has 46 heavy (non-hydrogen) atoms. The second kappa shape index (κ2) is 12.0. The Kier molecular flexibility index (Phi) is 8.10. The molecule has 2 heterocycles. The fraction of sp³-hybridized carbons (Fsp3) is 0.278. The van der Waals surface area contributed by atoms with E-state index in [1.807, 2.05) is 27.7 Å². The Bertz CT molecular complexity index is 1720. The Morgan fingerprint density at radius 1 is 0.500 bits per heavy atom. The molecule has 0 unspecified atom stereocenters. The highest BCUT2D eigenvalue weighted by Crippen LogP contribution is 2.41. The molecule has 0 aromatic heterocycles. The van der Waals surface area contributed by atoms with Gasteiger partial charge in [-0.05, 0) is 86.8 Å². The number of nitrogens with zero attached hydrogens (tertiary/aromatic N) is 4. The van der Waals surface area contributed by atoms with E-state index >= 15 is 0 Å². The van der Waals surface area contributed by atoms with Crippen LogP contribution in [0.1, 0.15) is 80.3 Å². The van der Waals surface area contributed by atoms with Crippen LogP contribution in [0.5, 0.6) is 11.5 Å². The van der Waals surface area contributed by atoms with E-state index in [2.05, 4.69) is 9.80 Å². The first-order valence-electron chi connectivity index (χ1n) is 15.6. The van der Waals surface area contributed by atoms with Crippen LogP contribution in [0.25, 0.3) is 10.8 Å². The molecule has 0 spiro atoms. The number of benzene rings is 4. The summed E-state index contributed by atoms with van der Waals surface area (Å²) in [5.74, 6) is -2.18. The first kappa shape index (κ1) is 30.9. The van der Waals surface area contributed by atoms with E-state index in [1.165, 1.54) is 48.5 Å². The number of aromatic hydroxyl groups is 2. The summed E-state index contributed by atoms with van der Waals surface area (Å²) in [5, 5.41) is 21.6. The quantitative estimate of drug-likeness (QED) is 0.222. The summed E-state index contributed by atoms with van der Waals surface area (Å²) in [6, 6.07) is 15.4. The van der Waals surface area contributed by atoms with Gasteiger partial charge in [0.1, 0.15) is 11.5 Å². The summed E-state index contributed by atoms with van der Waals surface area (Å²) >= 11 is 0. The van der Waals surface area contributed by atoms with Crippen molar-refractivity contribution in [2.45, 2.75) is 40.8 Å². The van der Waals surface area contributed by atoms with Gasteiger partial charge in [-0.1, -0.05) is 27.7 Å². The zero-order chi connectivity index (χ0) is 32.9. The van der Waals surface area contributed by atoms with E-state index in [0.717, 1.165) is 36.0 Å². The maximum Gasteiger partial charge on any atom is 0.265 e. The Balaban J connectivity index is 1.41. The maximum atomic E-state index is 14.0. The van der Waals surface area contributed by atoms with Gasteiger partial charge in [-0.15, -0.1) is 0 Å². The van der Waals surface area contributed by atoms with Crippen molar-refractivity contribution in [3.63, 3.8) is 0 Å². The molecule has 4 amide bonds. The summed E-state index contributed by atoms with van der Waals surface area (Å²) in [4.78, 5) is 62.2. The van der Waals surface area contributed by atoms with Gasteiger partial charge in [0.15, 0.2) is 0 Å². The van der Waals surface area contributed by atoms with Crippen molar-refractivity contribution in [3.05, 3.63) is 94.0 Å². The second-order valence-electron chi connectivity index (χ2n) is 11.5. The van der Waals surface area contributed by atoms with E-state index in [1.54, 1.807) is 12.1 Å². The number of hydrogen-bond donors (Lipinski definition) is 2. The Morgan fingerprint density at radius 2 is 0.804 bits per heavy atom. The average molecular weight is 621 g/mol. The average Bonchev–Trinajstić information content (AvgIpc) is 3.06. The first-order chi connectivity index (χ1) is 22.1. The molecule has 10 heteroatoms. The van der Waals surface area contributed by atoms with E-state index in [9.17, 15) is 29.4 Å². The van der Waals surface area contributed by atoms with Crippen molar-refractivity contribution in [2.75, 3.05) is 36.0 Å². The molecule has 0 radical (unpaired) electrons. The van der Waals surface area contributed by atoms with Crippen molar-refractivity contribution in [3.8, 4) is 11.5 Å². The van der Waals surface area contributed by atoms with Crippen LogP contribution in [-0.2, 0) is 13.1 Å². The molecule has 2 aliphatic rings. The van der Waals surface area contributed by atoms with Gasteiger partial charge in [0.05, 0.1) is 11.4 Å². The molecule has 0 fully saturated rings. The summed E-state index contributed by atoms with van der Waals surface area (Å²) in [5.41, 5.74) is 2.62. The van der Waals surface area contributed by atoms with Gasteiger partial charge in [0, 0.05) is 57.2 Å². The molecule has 0 bridgehead atoms. The van der Waals surface area contributed by atoms with Crippen LogP contribution in [0, 0.1) is 0 Å². The molecular weight excluding hydrogens is 584 g/mol. The van der Waals surface area contributed by atoms with Gasteiger partial charge >= 0.3 is 0 Å². The lowest BCUT2D eigenvalue weighted by molar-refractivity contribution is 0.0873.